The van der Waals surface area contributed by atoms with Gasteiger partial charge in [-0.3, -0.25) is 4.79 Å². The lowest BCUT2D eigenvalue weighted by Gasteiger charge is -2.26. The van der Waals surface area contributed by atoms with Gasteiger partial charge in [0, 0.05) is 11.0 Å². The molecule has 0 heterocycles. The Hall–Kier alpha value is -1.71. The second-order valence-electron chi connectivity index (χ2n) is 6.07. The summed E-state index contributed by atoms with van der Waals surface area (Å²) in [6.45, 7) is 4.04. The molecule has 0 saturated heterocycles. The molecule has 1 fully saturated rings. The third-order valence-electron chi connectivity index (χ3n) is 4.51. The predicted molar refractivity (Wildman–Crippen MR) is 82.7 cm³/mol. The highest BCUT2D eigenvalue weighted by Gasteiger charge is 2.36. The standard InChI is InChI=1S/C17H25NO3/c1-12(18-16(19)17(2)9-5-6-10-17)14-11-13(20-3)7-8-15(14)21-4/h7-8,11-12H,5-6,9-10H2,1-4H3,(H,18,19). The average molecular weight is 291 g/mol. The Morgan fingerprint density at radius 3 is 2.48 bits per heavy atom. The van der Waals surface area contributed by atoms with Crippen LogP contribution >= 0.6 is 0 Å². The predicted octanol–water partition coefficient (Wildman–Crippen LogP) is 3.46. The molecule has 21 heavy (non-hydrogen) atoms. The fraction of sp³-hybridized carbons (Fsp3) is 0.588. The van der Waals surface area contributed by atoms with Gasteiger partial charge in [-0.15, -0.1) is 0 Å². The molecule has 0 radical (unpaired) electrons. The molecule has 4 nitrogen and oxygen atoms in total. The molecule has 4 heteroatoms. The SMILES string of the molecule is COc1ccc(OC)c(C(C)NC(=O)C2(C)CCCC2)c1. The maximum absolute atomic E-state index is 12.5. The zero-order chi connectivity index (χ0) is 15.5. The smallest absolute Gasteiger partial charge is 0.226 e. The minimum Gasteiger partial charge on any atom is -0.497 e. The van der Waals surface area contributed by atoms with Gasteiger partial charge in [-0.2, -0.15) is 0 Å². The van der Waals surface area contributed by atoms with Crippen molar-refractivity contribution >= 4 is 5.91 Å². The van der Waals surface area contributed by atoms with Crippen LogP contribution in [0.25, 0.3) is 0 Å². The number of rotatable bonds is 5. The Morgan fingerprint density at radius 1 is 1.24 bits per heavy atom. The molecule has 1 unspecified atom stereocenters. The number of benzene rings is 1. The molecular formula is C17H25NO3. The molecule has 1 amide bonds. The van der Waals surface area contributed by atoms with Crippen LogP contribution in [0.3, 0.4) is 0 Å². The van der Waals surface area contributed by atoms with Gasteiger partial charge in [-0.1, -0.05) is 19.8 Å². The largest absolute Gasteiger partial charge is 0.497 e. The van der Waals surface area contributed by atoms with Gasteiger partial charge in [0.05, 0.1) is 20.3 Å². The third kappa shape index (κ3) is 3.31. The number of ether oxygens (including phenoxy) is 2. The van der Waals surface area contributed by atoms with Crippen LogP contribution in [0, 0.1) is 5.41 Å². The second-order valence-corrected chi connectivity index (χ2v) is 6.07. The van der Waals surface area contributed by atoms with Crippen molar-refractivity contribution in [2.75, 3.05) is 14.2 Å². The van der Waals surface area contributed by atoms with Crippen LogP contribution in [-0.4, -0.2) is 20.1 Å². The quantitative estimate of drug-likeness (QED) is 0.903. The van der Waals surface area contributed by atoms with Crippen molar-refractivity contribution in [1.82, 2.24) is 5.32 Å². The van der Waals surface area contributed by atoms with Gasteiger partial charge in [0.25, 0.3) is 0 Å². The summed E-state index contributed by atoms with van der Waals surface area (Å²) in [5, 5.41) is 3.13. The number of carbonyl (C=O) groups excluding carboxylic acids is 1. The molecule has 2 rings (SSSR count). The summed E-state index contributed by atoms with van der Waals surface area (Å²) in [7, 11) is 3.27. The van der Waals surface area contributed by atoms with E-state index >= 15 is 0 Å². The van der Waals surface area contributed by atoms with E-state index in [9.17, 15) is 4.79 Å². The van der Waals surface area contributed by atoms with Crippen LogP contribution in [0.15, 0.2) is 18.2 Å². The molecule has 1 aliphatic rings. The summed E-state index contributed by atoms with van der Waals surface area (Å²) in [4.78, 5) is 12.5. The summed E-state index contributed by atoms with van der Waals surface area (Å²) >= 11 is 0. The number of hydrogen-bond donors (Lipinski definition) is 1. The van der Waals surface area contributed by atoms with Crippen LogP contribution in [0.4, 0.5) is 0 Å². The van der Waals surface area contributed by atoms with E-state index in [0.29, 0.717) is 0 Å². The van der Waals surface area contributed by atoms with Crippen molar-refractivity contribution in [3.63, 3.8) is 0 Å². The highest BCUT2D eigenvalue weighted by Crippen LogP contribution is 2.38. The summed E-state index contributed by atoms with van der Waals surface area (Å²) < 4.78 is 10.7. The van der Waals surface area contributed by atoms with Gasteiger partial charge in [-0.05, 0) is 38.0 Å². The lowest BCUT2D eigenvalue weighted by atomic mass is 9.87. The van der Waals surface area contributed by atoms with Crippen molar-refractivity contribution in [2.45, 2.75) is 45.6 Å². The first-order chi connectivity index (χ1) is 10.00. The minimum absolute atomic E-state index is 0.111. The molecule has 0 bridgehead atoms. The first-order valence-electron chi connectivity index (χ1n) is 7.53. The lowest BCUT2D eigenvalue weighted by molar-refractivity contribution is -0.130. The Morgan fingerprint density at radius 2 is 1.90 bits per heavy atom. The summed E-state index contributed by atoms with van der Waals surface area (Å²) in [6, 6.07) is 5.53. The Kier molecular flexibility index (Phi) is 4.76. The first-order valence-corrected chi connectivity index (χ1v) is 7.53. The average Bonchev–Trinajstić information content (AvgIpc) is 2.94. The lowest BCUT2D eigenvalue weighted by Crippen LogP contribution is -2.38. The van der Waals surface area contributed by atoms with E-state index in [1.54, 1.807) is 14.2 Å². The summed E-state index contributed by atoms with van der Waals surface area (Å²) in [5.74, 6) is 1.66. The Balaban J connectivity index is 2.15. The third-order valence-corrected chi connectivity index (χ3v) is 4.51. The molecule has 1 aromatic carbocycles. The Bertz CT molecular complexity index is 507. The van der Waals surface area contributed by atoms with E-state index in [1.807, 2.05) is 25.1 Å². The normalized spacial score (nSPS) is 18.1. The summed E-state index contributed by atoms with van der Waals surface area (Å²) in [6.07, 6.45) is 4.23. The van der Waals surface area contributed by atoms with Crippen molar-refractivity contribution in [3.05, 3.63) is 23.8 Å². The van der Waals surface area contributed by atoms with Gasteiger partial charge < -0.3 is 14.8 Å². The highest BCUT2D eigenvalue weighted by atomic mass is 16.5. The van der Waals surface area contributed by atoms with Gasteiger partial charge in [0.15, 0.2) is 0 Å². The highest BCUT2D eigenvalue weighted by molar-refractivity contribution is 5.83. The topological polar surface area (TPSA) is 47.6 Å². The molecule has 0 aromatic heterocycles. The number of methoxy groups -OCH3 is 2. The zero-order valence-corrected chi connectivity index (χ0v) is 13.4. The number of amides is 1. The molecular weight excluding hydrogens is 266 g/mol. The van der Waals surface area contributed by atoms with Crippen LogP contribution in [-0.2, 0) is 4.79 Å². The van der Waals surface area contributed by atoms with Crippen LogP contribution in [0.1, 0.15) is 51.1 Å². The van der Waals surface area contributed by atoms with E-state index in [-0.39, 0.29) is 17.4 Å². The monoisotopic (exact) mass is 291 g/mol. The number of hydrogen-bond acceptors (Lipinski definition) is 3. The van der Waals surface area contributed by atoms with Crippen molar-refractivity contribution in [3.8, 4) is 11.5 Å². The van der Waals surface area contributed by atoms with Crippen LogP contribution < -0.4 is 14.8 Å². The maximum atomic E-state index is 12.5. The molecule has 1 aromatic rings. The van der Waals surface area contributed by atoms with E-state index in [4.69, 9.17) is 9.47 Å². The first kappa shape index (κ1) is 15.7. The molecule has 1 aliphatic carbocycles. The molecule has 1 N–H and O–H groups in total. The number of carbonyl (C=O) groups is 1. The van der Waals surface area contributed by atoms with Gasteiger partial charge in [-0.25, -0.2) is 0 Å². The van der Waals surface area contributed by atoms with Crippen molar-refractivity contribution in [2.24, 2.45) is 5.41 Å². The van der Waals surface area contributed by atoms with Crippen molar-refractivity contribution in [1.29, 1.82) is 0 Å². The number of nitrogens with one attached hydrogen (secondary N) is 1. The van der Waals surface area contributed by atoms with Crippen LogP contribution in [0.2, 0.25) is 0 Å². The molecule has 1 saturated carbocycles. The van der Waals surface area contributed by atoms with Crippen molar-refractivity contribution < 1.29 is 14.3 Å². The van der Waals surface area contributed by atoms with E-state index in [2.05, 4.69) is 12.2 Å². The fourth-order valence-corrected chi connectivity index (χ4v) is 3.01. The van der Waals surface area contributed by atoms with Gasteiger partial charge >= 0.3 is 0 Å². The zero-order valence-electron chi connectivity index (χ0n) is 13.4. The molecule has 0 aliphatic heterocycles. The fourth-order valence-electron chi connectivity index (χ4n) is 3.01. The molecule has 0 spiro atoms. The van der Waals surface area contributed by atoms with E-state index in [0.717, 1.165) is 42.7 Å². The van der Waals surface area contributed by atoms with Gasteiger partial charge in [0.2, 0.25) is 5.91 Å². The summed E-state index contributed by atoms with van der Waals surface area (Å²) in [5.41, 5.74) is 0.715. The second kappa shape index (κ2) is 6.37. The van der Waals surface area contributed by atoms with E-state index < -0.39 is 0 Å². The van der Waals surface area contributed by atoms with E-state index in [1.165, 1.54) is 0 Å². The molecule has 1 atom stereocenters. The van der Waals surface area contributed by atoms with Crippen LogP contribution in [0.5, 0.6) is 11.5 Å². The van der Waals surface area contributed by atoms with Gasteiger partial charge in [0.1, 0.15) is 11.5 Å². The minimum atomic E-state index is -0.222. The Labute approximate surface area is 126 Å². The molecule has 116 valence electrons. The maximum Gasteiger partial charge on any atom is 0.226 e.